The maximum atomic E-state index is 12.5. The van der Waals surface area contributed by atoms with Crippen molar-refractivity contribution < 1.29 is 14.3 Å². The van der Waals surface area contributed by atoms with Gasteiger partial charge >= 0.3 is 6.09 Å². The molecule has 1 fully saturated rings. The fraction of sp³-hybridized carbons (Fsp3) is 0.467. The van der Waals surface area contributed by atoms with E-state index in [1.165, 1.54) is 0 Å². The molecule has 3 N–H and O–H groups in total. The summed E-state index contributed by atoms with van der Waals surface area (Å²) in [5, 5.41) is 2.78. The Morgan fingerprint density at radius 3 is 2.90 bits per heavy atom. The summed E-state index contributed by atoms with van der Waals surface area (Å²) >= 11 is 0. The molecule has 0 aliphatic carbocycles. The Morgan fingerprint density at radius 2 is 2.19 bits per heavy atom. The number of carbonyl (C=O) groups is 2. The first-order valence-corrected chi connectivity index (χ1v) is 7.19. The summed E-state index contributed by atoms with van der Waals surface area (Å²) in [6.07, 6.45) is 1.25. The molecule has 0 saturated carbocycles. The first-order chi connectivity index (χ1) is 10.1. The van der Waals surface area contributed by atoms with Gasteiger partial charge in [-0.15, -0.1) is 0 Å². The molecule has 1 aliphatic rings. The minimum atomic E-state index is -0.434. The topological polar surface area (TPSA) is 84.7 Å². The average Bonchev–Trinajstić information content (AvgIpc) is 2.47. The number of ether oxygens (including phenoxy) is 1. The normalized spacial score (nSPS) is 18.1. The monoisotopic (exact) mass is 291 g/mol. The molecule has 21 heavy (non-hydrogen) atoms. The predicted molar refractivity (Wildman–Crippen MR) is 79.9 cm³/mol. The first kappa shape index (κ1) is 15.2. The number of carbonyl (C=O) groups excluding carboxylic acids is 2. The third kappa shape index (κ3) is 3.87. The second-order valence-corrected chi connectivity index (χ2v) is 5.04. The molecular formula is C15H21N3O3. The van der Waals surface area contributed by atoms with E-state index < -0.39 is 6.09 Å². The minimum absolute atomic E-state index is 0.0771. The summed E-state index contributed by atoms with van der Waals surface area (Å²) < 4.78 is 4.87. The Balaban J connectivity index is 1.99. The van der Waals surface area contributed by atoms with Gasteiger partial charge in [-0.05, 0) is 31.9 Å². The van der Waals surface area contributed by atoms with Crippen molar-refractivity contribution in [2.24, 2.45) is 0 Å². The Morgan fingerprint density at radius 1 is 1.43 bits per heavy atom. The highest BCUT2D eigenvalue weighted by molar-refractivity contribution is 5.99. The fourth-order valence-electron chi connectivity index (χ4n) is 2.48. The number of alkyl carbamates (subject to hydrolysis) is 1. The molecule has 114 valence electrons. The van der Waals surface area contributed by atoms with Crippen LogP contribution in [0, 0.1) is 0 Å². The summed E-state index contributed by atoms with van der Waals surface area (Å²) in [7, 11) is 0. The molecule has 1 atom stereocenters. The molecule has 1 unspecified atom stereocenters. The molecular weight excluding hydrogens is 270 g/mol. The first-order valence-electron chi connectivity index (χ1n) is 7.19. The highest BCUT2D eigenvalue weighted by Gasteiger charge is 2.26. The maximum absolute atomic E-state index is 12.5. The van der Waals surface area contributed by atoms with Gasteiger partial charge in [0.05, 0.1) is 12.2 Å². The lowest BCUT2D eigenvalue weighted by molar-refractivity contribution is 0.0687. The molecule has 6 nitrogen and oxygen atoms in total. The molecule has 0 aromatic heterocycles. The zero-order valence-corrected chi connectivity index (χ0v) is 12.2. The van der Waals surface area contributed by atoms with Gasteiger partial charge < -0.3 is 20.7 Å². The summed E-state index contributed by atoms with van der Waals surface area (Å²) in [4.78, 5) is 25.7. The summed E-state index contributed by atoms with van der Waals surface area (Å²) in [6, 6.07) is 6.95. The lowest BCUT2D eigenvalue weighted by Crippen LogP contribution is -2.49. The molecule has 1 aromatic rings. The van der Waals surface area contributed by atoms with Crippen molar-refractivity contribution in [3.05, 3.63) is 29.8 Å². The van der Waals surface area contributed by atoms with Gasteiger partial charge in [-0.25, -0.2) is 4.79 Å². The second-order valence-electron chi connectivity index (χ2n) is 5.04. The van der Waals surface area contributed by atoms with E-state index >= 15 is 0 Å². The molecule has 0 spiro atoms. The van der Waals surface area contributed by atoms with Crippen LogP contribution in [0.15, 0.2) is 24.3 Å². The number of anilines is 1. The molecule has 1 heterocycles. The Hall–Kier alpha value is -2.24. The number of rotatable bonds is 3. The Kier molecular flexibility index (Phi) is 5.03. The van der Waals surface area contributed by atoms with Crippen LogP contribution in [-0.4, -0.2) is 42.6 Å². The van der Waals surface area contributed by atoms with Crippen LogP contribution in [0.25, 0.3) is 0 Å². The number of hydrogen-bond acceptors (Lipinski definition) is 4. The van der Waals surface area contributed by atoms with Gasteiger partial charge in [-0.2, -0.15) is 0 Å². The van der Waals surface area contributed by atoms with Crippen LogP contribution in [-0.2, 0) is 4.74 Å². The van der Waals surface area contributed by atoms with Crippen LogP contribution in [0.4, 0.5) is 10.5 Å². The number of amides is 2. The van der Waals surface area contributed by atoms with E-state index in [0.29, 0.717) is 30.9 Å². The van der Waals surface area contributed by atoms with Crippen LogP contribution in [0.1, 0.15) is 30.1 Å². The van der Waals surface area contributed by atoms with E-state index in [2.05, 4.69) is 5.32 Å². The number of nitrogens with zero attached hydrogens (tertiary/aromatic N) is 1. The third-order valence-corrected chi connectivity index (χ3v) is 3.50. The average molecular weight is 291 g/mol. The van der Waals surface area contributed by atoms with Crippen molar-refractivity contribution in [2.45, 2.75) is 25.8 Å². The standard InChI is InChI=1S/C15H21N3O3/c1-2-21-15(20)17-11-6-5-9-18(10-11)14(19)12-7-3-4-8-13(12)16/h3-4,7-8,11H,2,5-6,9-10,16H2,1H3,(H,17,20). The van der Waals surface area contributed by atoms with Gasteiger partial charge in [0.25, 0.3) is 5.91 Å². The molecule has 6 heteroatoms. The summed E-state index contributed by atoms with van der Waals surface area (Å²) in [5.41, 5.74) is 6.83. The minimum Gasteiger partial charge on any atom is -0.450 e. The van der Waals surface area contributed by atoms with Crippen molar-refractivity contribution in [1.29, 1.82) is 0 Å². The smallest absolute Gasteiger partial charge is 0.407 e. The van der Waals surface area contributed by atoms with Crippen molar-refractivity contribution >= 4 is 17.7 Å². The second kappa shape index (κ2) is 6.97. The maximum Gasteiger partial charge on any atom is 0.407 e. The molecule has 1 aromatic carbocycles. The van der Waals surface area contributed by atoms with Crippen molar-refractivity contribution in [1.82, 2.24) is 10.2 Å². The number of para-hydroxylation sites is 1. The van der Waals surface area contributed by atoms with Gasteiger partial charge in [-0.1, -0.05) is 12.1 Å². The number of nitrogens with one attached hydrogen (secondary N) is 1. The van der Waals surface area contributed by atoms with E-state index in [0.717, 1.165) is 12.8 Å². The van der Waals surface area contributed by atoms with Gasteiger partial charge in [0.15, 0.2) is 0 Å². The lowest BCUT2D eigenvalue weighted by atomic mass is 10.0. The van der Waals surface area contributed by atoms with E-state index in [9.17, 15) is 9.59 Å². The predicted octanol–water partition coefficient (Wildman–Crippen LogP) is 1.62. The molecule has 0 bridgehead atoms. The number of likely N-dealkylation sites (tertiary alicyclic amines) is 1. The fourth-order valence-corrected chi connectivity index (χ4v) is 2.48. The van der Waals surface area contributed by atoms with Crippen LogP contribution in [0.2, 0.25) is 0 Å². The highest BCUT2D eigenvalue weighted by atomic mass is 16.5. The zero-order valence-electron chi connectivity index (χ0n) is 12.2. The van der Waals surface area contributed by atoms with Gasteiger partial charge in [0.1, 0.15) is 0 Å². The molecule has 2 amide bonds. The molecule has 1 aliphatic heterocycles. The Labute approximate surface area is 124 Å². The van der Waals surface area contributed by atoms with Crippen molar-refractivity contribution in [3.63, 3.8) is 0 Å². The van der Waals surface area contributed by atoms with E-state index in [1.807, 2.05) is 0 Å². The summed E-state index contributed by atoms with van der Waals surface area (Å²) in [5.74, 6) is -0.0940. The highest BCUT2D eigenvalue weighted by Crippen LogP contribution is 2.17. The number of nitrogens with two attached hydrogens (primary N) is 1. The van der Waals surface area contributed by atoms with Gasteiger partial charge in [0.2, 0.25) is 0 Å². The van der Waals surface area contributed by atoms with E-state index in [1.54, 1.807) is 36.1 Å². The van der Waals surface area contributed by atoms with Crippen molar-refractivity contribution in [3.8, 4) is 0 Å². The lowest BCUT2D eigenvalue weighted by Gasteiger charge is -2.33. The quantitative estimate of drug-likeness (QED) is 0.829. The van der Waals surface area contributed by atoms with Crippen LogP contribution in [0.3, 0.4) is 0 Å². The van der Waals surface area contributed by atoms with E-state index in [-0.39, 0.29) is 11.9 Å². The summed E-state index contributed by atoms with van der Waals surface area (Å²) in [6.45, 7) is 3.25. The van der Waals surface area contributed by atoms with Gasteiger partial charge in [-0.3, -0.25) is 4.79 Å². The third-order valence-electron chi connectivity index (χ3n) is 3.50. The van der Waals surface area contributed by atoms with Crippen LogP contribution >= 0.6 is 0 Å². The number of benzene rings is 1. The Bertz CT molecular complexity index is 519. The zero-order chi connectivity index (χ0) is 15.2. The molecule has 2 rings (SSSR count). The SMILES string of the molecule is CCOC(=O)NC1CCCN(C(=O)c2ccccc2N)C1. The number of piperidine rings is 1. The van der Waals surface area contributed by atoms with E-state index in [4.69, 9.17) is 10.5 Å². The molecule has 1 saturated heterocycles. The number of hydrogen-bond donors (Lipinski definition) is 2. The largest absolute Gasteiger partial charge is 0.450 e. The number of nitrogen functional groups attached to an aromatic ring is 1. The van der Waals surface area contributed by atoms with Crippen molar-refractivity contribution in [2.75, 3.05) is 25.4 Å². The molecule has 0 radical (unpaired) electrons. The van der Waals surface area contributed by atoms with Crippen LogP contribution < -0.4 is 11.1 Å². The van der Waals surface area contributed by atoms with Crippen LogP contribution in [0.5, 0.6) is 0 Å². The van der Waals surface area contributed by atoms with Gasteiger partial charge in [0, 0.05) is 24.8 Å².